The van der Waals surface area contributed by atoms with Crippen LogP contribution in [-0.4, -0.2) is 5.11 Å². The van der Waals surface area contributed by atoms with Crippen LogP contribution < -0.4 is 11.1 Å². The van der Waals surface area contributed by atoms with Crippen LogP contribution in [0.15, 0.2) is 36.4 Å². The zero-order chi connectivity index (χ0) is 21.6. The fraction of sp³-hybridized carbons (Fsp3) is 0.462. The predicted octanol–water partition coefficient (Wildman–Crippen LogP) is 6.38. The molecule has 2 unspecified atom stereocenters. The smallest absolute Gasteiger partial charge is 0.124 e. The average Bonchev–Trinajstić information content (AvgIpc) is 2.60. The van der Waals surface area contributed by atoms with Crippen molar-refractivity contribution in [3.63, 3.8) is 0 Å². The molecule has 0 bridgehead atoms. The Bertz CT molecular complexity index is 929. The maximum atomic E-state index is 11.2. The minimum absolute atomic E-state index is 0.00672. The Kier molecular flexibility index (Phi) is 5.57. The van der Waals surface area contributed by atoms with Gasteiger partial charge >= 0.3 is 0 Å². The molecule has 1 aliphatic rings. The summed E-state index contributed by atoms with van der Waals surface area (Å²) in [6.45, 7) is 15.2. The highest BCUT2D eigenvalue weighted by atomic mass is 16.3. The number of phenolic OH excluding ortho intramolecular Hbond substituents is 1. The number of nitrogen functional groups attached to an aromatic ring is 1. The topological polar surface area (TPSA) is 58.3 Å². The highest BCUT2D eigenvalue weighted by Gasteiger charge is 2.28. The largest absolute Gasteiger partial charge is 0.507 e. The number of hydrogen-bond acceptors (Lipinski definition) is 3. The van der Waals surface area contributed by atoms with Crippen molar-refractivity contribution in [2.45, 2.75) is 77.8 Å². The van der Waals surface area contributed by atoms with Crippen molar-refractivity contribution in [1.82, 2.24) is 5.32 Å². The third-order valence-electron chi connectivity index (χ3n) is 5.92. The van der Waals surface area contributed by atoms with E-state index in [1.165, 1.54) is 11.1 Å². The molecular weight excluding hydrogens is 356 g/mol. The average molecular weight is 393 g/mol. The number of fused-ring (bicyclic) bond motifs is 1. The number of phenols is 1. The summed E-state index contributed by atoms with van der Waals surface area (Å²) >= 11 is 0. The molecule has 4 N–H and O–H groups in total. The summed E-state index contributed by atoms with van der Waals surface area (Å²) in [4.78, 5) is 0. The van der Waals surface area contributed by atoms with Crippen molar-refractivity contribution in [3.8, 4) is 5.75 Å². The molecule has 29 heavy (non-hydrogen) atoms. The number of hydrogen-bond donors (Lipinski definition) is 3. The van der Waals surface area contributed by atoms with Crippen LogP contribution in [0.2, 0.25) is 0 Å². The van der Waals surface area contributed by atoms with Crippen LogP contribution in [-0.2, 0) is 10.8 Å². The maximum absolute atomic E-state index is 11.2. The van der Waals surface area contributed by atoms with Gasteiger partial charge in [0.1, 0.15) is 5.75 Å². The van der Waals surface area contributed by atoms with Gasteiger partial charge in [0.25, 0.3) is 0 Å². The summed E-state index contributed by atoms with van der Waals surface area (Å²) in [5.74, 6) is 0.401. The van der Waals surface area contributed by atoms with E-state index < -0.39 is 0 Å². The van der Waals surface area contributed by atoms with Gasteiger partial charge < -0.3 is 16.2 Å². The molecule has 0 radical (unpaired) electrons. The SMILES string of the molecule is CC(NC1CC=Cc2cccc(N)c21)c1cc(C(C)(C)C)cc(C(C)(C)C)c1O. The van der Waals surface area contributed by atoms with Crippen molar-refractivity contribution in [3.05, 3.63) is 64.2 Å². The Morgan fingerprint density at radius 1 is 1.07 bits per heavy atom. The van der Waals surface area contributed by atoms with Gasteiger partial charge in [-0.15, -0.1) is 0 Å². The molecule has 3 rings (SSSR count). The Balaban J connectivity index is 2.02. The van der Waals surface area contributed by atoms with Crippen LogP contribution in [0.3, 0.4) is 0 Å². The van der Waals surface area contributed by atoms with Gasteiger partial charge in [-0.2, -0.15) is 0 Å². The van der Waals surface area contributed by atoms with Crippen molar-refractivity contribution in [2.24, 2.45) is 0 Å². The van der Waals surface area contributed by atoms with E-state index >= 15 is 0 Å². The lowest BCUT2D eigenvalue weighted by Crippen LogP contribution is -2.28. The van der Waals surface area contributed by atoms with Gasteiger partial charge in [-0.05, 0) is 58.6 Å². The van der Waals surface area contributed by atoms with Gasteiger partial charge in [0.2, 0.25) is 0 Å². The van der Waals surface area contributed by atoms with E-state index in [2.05, 4.69) is 84.1 Å². The zero-order valence-corrected chi connectivity index (χ0v) is 18.9. The van der Waals surface area contributed by atoms with E-state index in [4.69, 9.17) is 5.73 Å². The number of nitrogens with one attached hydrogen (secondary N) is 1. The lowest BCUT2D eigenvalue weighted by molar-refractivity contribution is 0.412. The van der Waals surface area contributed by atoms with E-state index in [1.807, 2.05) is 12.1 Å². The number of aromatic hydroxyl groups is 1. The quantitative estimate of drug-likeness (QED) is 0.531. The summed E-state index contributed by atoms with van der Waals surface area (Å²) in [7, 11) is 0. The first-order chi connectivity index (χ1) is 13.4. The number of anilines is 1. The lowest BCUT2D eigenvalue weighted by atomic mass is 9.78. The van der Waals surface area contributed by atoms with Crippen LogP contribution in [0.5, 0.6) is 5.75 Å². The third-order valence-corrected chi connectivity index (χ3v) is 5.92. The number of nitrogens with two attached hydrogens (primary N) is 1. The van der Waals surface area contributed by atoms with Crippen molar-refractivity contribution < 1.29 is 5.11 Å². The monoisotopic (exact) mass is 392 g/mol. The molecular formula is C26H36N2O. The van der Waals surface area contributed by atoms with E-state index in [1.54, 1.807) is 0 Å². The van der Waals surface area contributed by atoms with E-state index in [-0.39, 0.29) is 22.9 Å². The minimum Gasteiger partial charge on any atom is -0.507 e. The summed E-state index contributed by atoms with van der Waals surface area (Å²) in [5, 5.41) is 14.9. The molecule has 0 heterocycles. The molecule has 0 aliphatic heterocycles. The van der Waals surface area contributed by atoms with Crippen LogP contribution >= 0.6 is 0 Å². The second-order valence-electron chi connectivity index (χ2n) is 10.4. The zero-order valence-electron chi connectivity index (χ0n) is 18.9. The molecule has 3 heteroatoms. The Hall–Kier alpha value is -2.26. The highest BCUT2D eigenvalue weighted by molar-refractivity contribution is 5.66. The van der Waals surface area contributed by atoms with E-state index in [0.29, 0.717) is 5.75 Å². The van der Waals surface area contributed by atoms with Crippen LogP contribution in [0, 0.1) is 0 Å². The van der Waals surface area contributed by atoms with Gasteiger partial charge in [-0.3, -0.25) is 0 Å². The van der Waals surface area contributed by atoms with Gasteiger partial charge in [0.15, 0.2) is 0 Å². The van der Waals surface area contributed by atoms with E-state index in [9.17, 15) is 5.11 Å². The number of benzene rings is 2. The molecule has 0 fully saturated rings. The molecule has 0 spiro atoms. The van der Waals surface area contributed by atoms with Crippen LogP contribution in [0.4, 0.5) is 5.69 Å². The van der Waals surface area contributed by atoms with Crippen molar-refractivity contribution >= 4 is 11.8 Å². The summed E-state index contributed by atoms with van der Waals surface area (Å²) in [5.41, 5.74) is 12.5. The second kappa shape index (κ2) is 7.53. The molecule has 0 aromatic heterocycles. The molecule has 1 aliphatic carbocycles. The Labute approximate surface area is 176 Å². The predicted molar refractivity (Wildman–Crippen MR) is 124 cm³/mol. The van der Waals surface area contributed by atoms with E-state index in [0.717, 1.165) is 28.8 Å². The fourth-order valence-electron chi connectivity index (χ4n) is 4.13. The normalized spacial score (nSPS) is 17.8. The number of rotatable bonds is 3. The lowest BCUT2D eigenvalue weighted by Gasteiger charge is -2.31. The first kappa shape index (κ1) is 21.4. The minimum atomic E-state index is -0.135. The molecule has 2 aromatic carbocycles. The molecule has 2 atom stereocenters. The fourth-order valence-corrected chi connectivity index (χ4v) is 4.13. The molecule has 0 saturated heterocycles. The molecule has 0 saturated carbocycles. The van der Waals surface area contributed by atoms with Crippen molar-refractivity contribution in [1.29, 1.82) is 0 Å². The molecule has 156 valence electrons. The Morgan fingerprint density at radius 2 is 1.76 bits per heavy atom. The third kappa shape index (κ3) is 4.35. The molecule has 2 aromatic rings. The summed E-state index contributed by atoms with van der Waals surface area (Å²) in [6.07, 6.45) is 5.22. The first-order valence-corrected chi connectivity index (χ1v) is 10.6. The second-order valence-corrected chi connectivity index (χ2v) is 10.4. The van der Waals surface area contributed by atoms with Gasteiger partial charge in [0, 0.05) is 23.3 Å². The first-order valence-electron chi connectivity index (χ1n) is 10.6. The van der Waals surface area contributed by atoms with Gasteiger partial charge in [-0.25, -0.2) is 0 Å². The Morgan fingerprint density at radius 3 is 2.38 bits per heavy atom. The maximum Gasteiger partial charge on any atom is 0.124 e. The molecule has 3 nitrogen and oxygen atoms in total. The summed E-state index contributed by atoms with van der Waals surface area (Å²) < 4.78 is 0. The highest BCUT2D eigenvalue weighted by Crippen LogP contribution is 2.41. The van der Waals surface area contributed by atoms with Crippen molar-refractivity contribution in [2.75, 3.05) is 5.73 Å². The van der Waals surface area contributed by atoms with Gasteiger partial charge in [0.05, 0.1) is 0 Å². The molecule has 0 amide bonds. The van der Waals surface area contributed by atoms with Crippen LogP contribution in [0.25, 0.3) is 6.08 Å². The summed E-state index contributed by atoms with van der Waals surface area (Å²) in [6, 6.07) is 10.5. The van der Waals surface area contributed by atoms with Crippen LogP contribution in [0.1, 0.15) is 94.8 Å². The van der Waals surface area contributed by atoms with Gasteiger partial charge in [-0.1, -0.05) is 71.9 Å². The standard InChI is InChI=1S/C26H36N2O/c1-16(28-22-13-9-11-17-10-8-12-21(27)23(17)22)19-14-18(25(2,3)4)15-20(24(19)29)26(5,6)7/h8-12,14-16,22,28-29H,13,27H2,1-7H3.